The van der Waals surface area contributed by atoms with Crippen molar-refractivity contribution in [2.45, 2.75) is 31.1 Å². The SMILES string of the molecule is CNC(=O)[C@H](Cc1ccccc1)N[C@@H](CC(=O)NO)C(F)(F)F. The Morgan fingerprint density at radius 1 is 1.22 bits per heavy atom. The number of rotatable bonds is 7. The van der Waals surface area contributed by atoms with Gasteiger partial charge in [0.2, 0.25) is 11.8 Å². The zero-order valence-electron chi connectivity index (χ0n) is 12.4. The van der Waals surface area contributed by atoms with Gasteiger partial charge in [-0.25, -0.2) is 5.48 Å². The van der Waals surface area contributed by atoms with E-state index in [-0.39, 0.29) is 6.42 Å². The molecule has 9 heteroatoms. The standard InChI is InChI=1S/C14H18F3N3O3/c1-18-13(22)10(7-9-5-3-2-4-6-9)19-11(14(15,16)17)8-12(21)20-23/h2-6,10-11,19,23H,7-8H2,1H3,(H,18,22)(H,20,21)/t10-,11-/m0/s1. The summed E-state index contributed by atoms with van der Waals surface area (Å²) >= 11 is 0. The van der Waals surface area contributed by atoms with Crippen LogP contribution < -0.4 is 16.1 Å². The van der Waals surface area contributed by atoms with Crippen LogP contribution in [0.4, 0.5) is 13.2 Å². The first kappa shape index (κ1) is 18.9. The molecular weight excluding hydrogens is 315 g/mol. The topological polar surface area (TPSA) is 90.5 Å². The number of carbonyl (C=O) groups excluding carboxylic acids is 2. The van der Waals surface area contributed by atoms with Gasteiger partial charge in [0.1, 0.15) is 6.04 Å². The van der Waals surface area contributed by atoms with E-state index < -0.39 is 36.5 Å². The van der Waals surface area contributed by atoms with Crippen molar-refractivity contribution in [2.24, 2.45) is 0 Å². The first-order chi connectivity index (χ1) is 10.8. The van der Waals surface area contributed by atoms with Crippen molar-refractivity contribution in [3.8, 4) is 0 Å². The van der Waals surface area contributed by atoms with Crippen LogP contribution in [-0.2, 0) is 16.0 Å². The fourth-order valence-corrected chi connectivity index (χ4v) is 1.99. The highest BCUT2D eigenvalue weighted by molar-refractivity contribution is 5.82. The van der Waals surface area contributed by atoms with Crippen LogP contribution in [0.2, 0.25) is 0 Å². The molecular formula is C14H18F3N3O3. The Balaban J connectivity index is 2.91. The third kappa shape index (κ3) is 6.25. The average molecular weight is 333 g/mol. The molecule has 0 saturated heterocycles. The first-order valence-electron chi connectivity index (χ1n) is 6.79. The first-order valence-corrected chi connectivity index (χ1v) is 6.79. The molecule has 23 heavy (non-hydrogen) atoms. The van der Waals surface area contributed by atoms with Crippen LogP contribution in [0.3, 0.4) is 0 Å². The van der Waals surface area contributed by atoms with Gasteiger partial charge in [-0.15, -0.1) is 0 Å². The Kier molecular flexibility index (Phi) is 6.98. The molecule has 4 N–H and O–H groups in total. The summed E-state index contributed by atoms with van der Waals surface area (Å²) in [6.07, 6.45) is -5.77. The molecule has 0 aliphatic rings. The molecule has 0 radical (unpaired) electrons. The molecule has 0 fully saturated rings. The second kappa shape index (κ2) is 8.49. The van der Waals surface area contributed by atoms with Gasteiger partial charge in [0, 0.05) is 7.05 Å². The minimum atomic E-state index is -4.75. The summed E-state index contributed by atoms with van der Waals surface area (Å²) in [4.78, 5) is 22.9. The van der Waals surface area contributed by atoms with Crippen molar-refractivity contribution in [2.75, 3.05) is 7.05 Å². The third-order valence-corrected chi connectivity index (χ3v) is 3.16. The number of nitrogens with one attached hydrogen (secondary N) is 3. The highest BCUT2D eigenvalue weighted by Gasteiger charge is 2.42. The largest absolute Gasteiger partial charge is 0.404 e. The second-order valence-electron chi connectivity index (χ2n) is 4.86. The second-order valence-corrected chi connectivity index (χ2v) is 4.86. The van der Waals surface area contributed by atoms with Gasteiger partial charge in [-0.05, 0) is 12.0 Å². The molecule has 128 valence electrons. The molecule has 1 aromatic rings. The fourth-order valence-electron chi connectivity index (χ4n) is 1.99. The normalized spacial score (nSPS) is 14.0. The minimum Gasteiger partial charge on any atom is -0.358 e. The summed E-state index contributed by atoms with van der Waals surface area (Å²) in [6, 6.07) is 5.08. The predicted octanol–water partition coefficient (Wildman–Crippen LogP) is 0.760. The highest BCUT2D eigenvalue weighted by atomic mass is 19.4. The summed E-state index contributed by atoms with van der Waals surface area (Å²) in [5.74, 6) is -1.83. The minimum absolute atomic E-state index is 0.0217. The summed E-state index contributed by atoms with van der Waals surface area (Å²) in [6.45, 7) is 0. The number of amides is 2. The highest BCUT2D eigenvalue weighted by Crippen LogP contribution is 2.23. The van der Waals surface area contributed by atoms with Gasteiger partial charge in [-0.1, -0.05) is 30.3 Å². The van der Waals surface area contributed by atoms with Crippen LogP contribution in [0.5, 0.6) is 0 Å². The van der Waals surface area contributed by atoms with Crippen LogP contribution >= 0.6 is 0 Å². The number of likely N-dealkylation sites (N-methyl/N-ethyl adjacent to an activating group) is 1. The van der Waals surface area contributed by atoms with E-state index in [2.05, 4.69) is 10.6 Å². The number of hydroxylamine groups is 1. The Morgan fingerprint density at radius 3 is 2.30 bits per heavy atom. The number of carbonyl (C=O) groups is 2. The van der Waals surface area contributed by atoms with E-state index in [1.807, 2.05) is 0 Å². The van der Waals surface area contributed by atoms with Crippen LogP contribution in [-0.4, -0.2) is 42.3 Å². The molecule has 2 atom stereocenters. The molecule has 1 aromatic carbocycles. The number of alkyl halides is 3. The van der Waals surface area contributed by atoms with Crippen LogP contribution in [0.1, 0.15) is 12.0 Å². The zero-order valence-corrected chi connectivity index (χ0v) is 12.4. The maximum absolute atomic E-state index is 13.0. The predicted molar refractivity (Wildman–Crippen MR) is 75.5 cm³/mol. The third-order valence-electron chi connectivity index (χ3n) is 3.16. The van der Waals surface area contributed by atoms with Crippen LogP contribution in [0, 0.1) is 0 Å². The molecule has 0 heterocycles. The van der Waals surface area contributed by atoms with Crippen LogP contribution in [0.25, 0.3) is 0 Å². The van der Waals surface area contributed by atoms with E-state index in [4.69, 9.17) is 5.21 Å². The van der Waals surface area contributed by atoms with Crippen molar-refractivity contribution in [3.63, 3.8) is 0 Å². The van der Waals surface area contributed by atoms with Crippen molar-refractivity contribution in [3.05, 3.63) is 35.9 Å². The van der Waals surface area contributed by atoms with Gasteiger partial charge in [0.05, 0.1) is 12.5 Å². The number of halogens is 3. The molecule has 0 aliphatic heterocycles. The van der Waals surface area contributed by atoms with Crippen LogP contribution in [0.15, 0.2) is 30.3 Å². The van der Waals surface area contributed by atoms with Crippen molar-refractivity contribution >= 4 is 11.8 Å². The average Bonchev–Trinajstić information content (AvgIpc) is 2.52. The van der Waals surface area contributed by atoms with Gasteiger partial charge in [0.25, 0.3) is 0 Å². The lowest BCUT2D eigenvalue weighted by Crippen LogP contribution is -2.54. The van der Waals surface area contributed by atoms with E-state index in [9.17, 15) is 22.8 Å². The summed E-state index contributed by atoms with van der Waals surface area (Å²) in [5.41, 5.74) is 1.82. The van der Waals surface area contributed by atoms with E-state index in [1.54, 1.807) is 30.3 Å². The van der Waals surface area contributed by atoms with Crippen molar-refractivity contribution in [1.82, 2.24) is 16.1 Å². The monoisotopic (exact) mass is 333 g/mol. The number of hydrogen-bond donors (Lipinski definition) is 4. The van der Waals surface area contributed by atoms with Gasteiger partial charge >= 0.3 is 6.18 Å². The van der Waals surface area contributed by atoms with E-state index in [1.165, 1.54) is 7.05 Å². The fraction of sp³-hybridized carbons (Fsp3) is 0.429. The quantitative estimate of drug-likeness (QED) is 0.438. The number of hydrogen-bond acceptors (Lipinski definition) is 4. The molecule has 0 saturated carbocycles. The number of benzene rings is 1. The Hall–Kier alpha value is -2.13. The molecule has 0 unspecified atom stereocenters. The molecule has 2 amide bonds. The smallest absolute Gasteiger partial charge is 0.358 e. The lowest BCUT2D eigenvalue weighted by molar-refractivity contribution is -0.166. The lowest BCUT2D eigenvalue weighted by Gasteiger charge is -2.26. The van der Waals surface area contributed by atoms with Gasteiger partial charge in [-0.2, -0.15) is 13.2 Å². The molecule has 0 aromatic heterocycles. The lowest BCUT2D eigenvalue weighted by atomic mass is 10.0. The molecule has 0 aliphatic carbocycles. The summed E-state index contributed by atoms with van der Waals surface area (Å²) in [5, 5.41) is 12.8. The Labute approximate surface area is 131 Å². The van der Waals surface area contributed by atoms with E-state index in [0.29, 0.717) is 5.56 Å². The molecule has 6 nitrogen and oxygen atoms in total. The van der Waals surface area contributed by atoms with Gasteiger partial charge < -0.3 is 5.32 Å². The van der Waals surface area contributed by atoms with Crippen molar-refractivity contribution in [1.29, 1.82) is 0 Å². The molecule has 1 rings (SSSR count). The van der Waals surface area contributed by atoms with Gasteiger partial charge in [0.15, 0.2) is 0 Å². The zero-order chi connectivity index (χ0) is 17.5. The summed E-state index contributed by atoms with van der Waals surface area (Å²) < 4.78 is 39.1. The maximum atomic E-state index is 13.0. The molecule has 0 bridgehead atoms. The Morgan fingerprint density at radius 2 is 1.83 bits per heavy atom. The maximum Gasteiger partial charge on any atom is 0.404 e. The Bertz CT molecular complexity index is 523. The summed E-state index contributed by atoms with van der Waals surface area (Å²) in [7, 11) is 1.31. The van der Waals surface area contributed by atoms with Gasteiger partial charge in [-0.3, -0.25) is 20.1 Å². The van der Waals surface area contributed by atoms with E-state index >= 15 is 0 Å². The van der Waals surface area contributed by atoms with Crippen molar-refractivity contribution < 1.29 is 28.0 Å². The van der Waals surface area contributed by atoms with E-state index in [0.717, 1.165) is 5.48 Å². The molecule has 0 spiro atoms.